The van der Waals surface area contributed by atoms with Gasteiger partial charge in [-0.1, -0.05) is 11.6 Å². The van der Waals surface area contributed by atoms with Crippen LogP contribution in [-0.2, 0) is 0 Å². The molecule has 3 aromatic rings. The average Bonchev–Trinajstić information content (AvgIpc) is 3.32. The fourth-order valence-electron chi connectivity index (χ4n) is 5.19. The Morgan fingerprint density at radius 1 is 1.15 bits per heavy atom. The number of nitrogens with zero attached hydrogens (tertiary/aromatic N) is 3. The van der Waals surface area contributed by atoms with Gasteiger partial charge < -0.3 is 19.7 Å². The van der Waals surface area contributed by atoms with Crippen molar-refractivity contribution in [3.8, 4) is 11.5 Å². The van der Waals surface area contributed by atoms with Gasteiger partial charge in [0.05, 0.1) is 29.9 Å². The van der Waals surface area contributed by atoms with Crippen molar-refractivity contribution in [3.63, 3.8) is 0 Å². The van der Waals surface area contributed by atoms with E-state index < -0.39 is 5.82 Å². The zero-order valence-corrected chi connectivity index (χ0v) is 20.8. The molecule has 1 N–H and O–H groups in total. The lowest BCUT2D eigenvalue weighted by Gasteiger charge is -2.17. The van der Waals surface area contributed by atoms with Crippen molar-refractivity contribution < 1.29 is 13.9 Å². The highest BCUT2D eigenvalue weighted by Crippen LogP contribution is 2.42. The number of halogens is 3. The van der Waals surface area contributed by atoms with Crippen LogP contribution in [0.15, 0.2) is 35.1 Å². The monoisotopic (exact) mass is 534 g/mol. The predicted octanol–water partition coefficient (Wildman–Crippen LogP) is 5.90. The van der Waals surface area contributed by atoms with E-state index in [-0.39, 0.29) is 5.69 Å². The van der Waals surface area contributed by atoms with Crippen molar-refractivity contribution in [1.29, 1.82) is 0 Å². The minimum absolute atomic E-state index is 0.222. The Labute approximate surface area is 205 Å². The fourth-order valence-corrected chi connectivity index (χ4v) is 5.66. The maximum Gasteiger partial charge on any atom is 0.163 e. The van der Waals surface area contributed by atoms with Gasteiger partial charge in [-0.25, -0.2) is 14.4 Å². The zero-order chi connectivity index (χ0) is 23.1. The molecule has 2 aliphatic rings. The summed E-state index contributed by atoms with van der Waals surface area (Å²) in [6.07, 6.45) is 3.86. The fraction of sp³-hybridized carbons (Fsp3) is 0.417. The molecule has 0 bridgehead atoms. The van der Waals surface area contributed by atoms with E-state index in [1.54, 1.807) is 7.11 Å². The SMILES string of the molecule is COc1cc2c(Nc3cc(Cl)c(Br)cc3F)ncnc2cc1OC[C@@H]1C[C@@H]2CN(C)C[C@@H]2C1. The Morgan fingerprint density at radius 3 is 2.64 bits per heavy atom. The molecule has 33 heavy (non-hydrogen) atoms. The lowest BCUT2D eigenvalue weighted by Crippen LogP contribution is -2.18. The number of methoxy groups -OCH3 is 1. The number of hydrogen-bond donors (Lipinski definition) is 1. The Morgan fingerprint density at radius 2 is 1.91 bits per heavy atom. The Balaban J connectivity index is 1.37. The first-order valence-corrected chi connectivity index (χ1v) is 12.1. The maximum atomic E-state index is 14.4. The number of fused-ring (bicyclic) bond motifs is 2. The van der Waals surface area contributed by atoms with Crippen LogP contribution in [0.1, 0.15) is 12.8 Å². The second-order valence-electron chi connectivity index (χ2n) is 9.00. The standard InChI is InChI=1S/C24H25BrClFN4O2/c1-31-9-14-3-13(4-15(14)10-31)11-33-23-8-20-16(5-22(23)32-2)24(29-12-28-20)30-21-7-18(26)17(25)6-19(21)27/h5-8,12-15H,3-4,9-11H2,1-2H3,(H,28,29,30)/t13-,14-,15+. The first-order chi connectivity index (χ1) is 15.9. The molecule has 0 radical (unpaired) electrons. The molecular formula is C24H25BrClFN4O2. The molecule has 1 saturated heterocycles. The van der Waals surface area contributed by atoms with Gasteiger partial charge in [0.1, 0.15) is 18.0 Å². The van der Waals surface area contributed by atoms with Gasteiger partial charge in [-0.05, 0) is 71.8 Å². The molecule has 3 atom stereocenters. The molecular weight excluding hydrogens is 511 g/mol. The summed E-state index contributed by atoms with van der Waals surface area (Å²) in [5.41, 5.74) is 0.900. The molecule has 5 rings (SSSR count). The summed E-state index contributed by atoms with van der Waals surface area (Å²) in [5.74, 6) is 3.38. The first kappa shape index (κ1) is 22.6. The van der Waals surface area contributed by atoms with Crippen LogP contribution >= 0.6 is 27.5 Å². The number of aromatic nitrogens is 2. The molecule has 2 fully saturated rings. The van der Waals surface area contributed by atoms with E-state index in [2.05, 4.69) is 43.2 Å². The van der Waals surface area contributed by atoms with Crippen LogP contribution in [0.5, 0.6) is 11.5 Å². The number of likely N-dealkylation sites (tertiary alicyclic amines) is 1. The Hall–Kier alpha value is -2.16. The smallest absolute Gasteiger partial charge is 0.163 e. The van der Waals surface area contributed by atoms with Crippen LogP contribution in [0.4, 0.5) is 15.9 Å². The molecule has 1 aliphatic carbocycles. The van der Waals surface area contributed by atoms with Gasteiger partial charge in [0.15, 0.2) is 11.5 Å². The molecule has 0 amide bonds. The summed E-state index contributed by atoms with van der Waals surface area (Å²) in [5, 5.41) is 4.11. The zero-order valence-electron chi connectivity index (χ0n) is 18.4. The molecule has 2 aromatic carbocycles. The molecule has 1 saturated carbocycles. The van der Waals surface area contributed by atoms with Gasteiger partial charge in [-0.15, -0.1) is 0 Å². The van der Waals surface area contributed by atoms with Crippen LogP contribution < -0.4 is 14.8 Å². The van der Waals surface area contributed by atoms with Crippen LogP contribution in [0.25, 0.3) is 10.9 Å². The van der Waals surface area contributed by atoms with E-state index in [0.717, 1.165) is 11.8 Å². The molecule has 9 heteroatoms. The van der Waals surface area contributed by atoms with E-state index in [1.807, 2.05) is 12.1 Å². The van der Waals surface area contributed by atoms with E-state index >= 15 is 0 Å². The third kappa shape index (κ3) is 4.61. The number of hydrogen-bond acceptors (Lipinski definition) is 6. The van der Waals surface area contributed by atoms with Gasteiger partial charge >= 0.3 is 0 Å². The third-order valence-corrected chi connectivity index (χ3v) is 7.89. The van der Waals surface area contributed by atoms with Crippen molar-refractivity contribution in [3.05, 3.63) is 45.9 Å². The summed E-state index contributed by atoms with van der Waals surface area (Å²) < 4.78 is 26.7. The van der Waals surface area contributed by atoms with Crippen molar-refractivity contribution in [2.45, 2.75) is 12.8 Å². The van der Waals surface area contributed by atoms with E-state index in [0.29, 0.717) is 50.2 Å². The number of benzene rings is 2. The summed E-state index contributed by atoms with van der Waals surface area (Å²) in [7, 11) is 3.81. The minimum Gasteiger partial charge on any atom is -0.493 e. The van der Waals surface area contributed by atoms with Gasteiger partial charge in [-0.3, -0.25) is 0 Å². The molecule has 1 aliphatic heterocycles. The highest BCUT2D eigenvalue weighted by Gasteiger charge is 2.39. The van der Waals surface area contributed by atoms with Crippen LogP contribution in [0, 0.1) is 23.6 Å². The summed E-state index contributed by atoms with van der Waals surface area (Å²) in [4.78, 5) is 11.1. The quantitative estimate of drug-likeness (QED) is 0.397. The van der Waals surface area contributed by atoms with Gasteiger partial charge in [0.25, 0.3) is 0 Å². The molecule has 1 aromatic heterocycles. The van der Waals surface area contributed by atoms with Gasteiger partial charge in [-0.2, -0.15) is 0 Å². The summed E-state index contributed by atoms with van der Waals surface area (Å²) in [6, 6.07) is 6.51. The Kier molecular flexibility index (Phi) is 6.33. The highest BCUT2D eigenvalue weighted by atomic mass is 79.9. The molecule has 174 valence electrons. The van der Waals surface area contributed by atoms with Crippen molar-refractivity contribution in [1.82, 2.24) is 14.9 Å². The molecule has 2 heterocycles. The minimum atomic E-state index is -0.447. The van der Waals surface area contributed by atoms with Gasteiger partial charge in [0.2, 0.25) is 0 Å². The van der Waals surface area contributed by atoms with E-state index in [9.17, 15) is 4.39 Å². The lowest BCUT2D eigenvalue weighted by molar-refractivity contribution is 0.227. The molecule has 0 spiro atoms. The number of rotatable bonds is 6. The second kappa shape index (κ2) is 9.24. The van der Waals surface area contributed by atoms with E-state index in [4.69, 9.17) is 21.1 Å². The normalized spacial score (nSPS) is 22.5. The van der Waals surface area contributed by atoms with Crippen LogP contribution in [-0.4, -0.2) is 48.7 Å². The second-order valence-corrected chi connectivity index (χ2v) is 10.3. The largest absolute Gasteiger partial charge is 0.493 e. The molecule has 6 nitrogen and oxygen atoms in total. The predicted molar refractivity (Wildman–Crippen MR) is 131 cm³/mol. The van der Waals surface area contributed by atoms with Crippen LogP contribution in [0.2, 0.25) is 5.02 Å². The average molecular weight is 536 g/mol. The number of nitrogens with one attached hydrogen (secondary N) is 1. The topological polar surface area (TPSA) is 59.5 Å². The lowest BCUT2D eigenvalue weighted by atomic mass is 10.0. The summed E-state index contributed by atoms with van der Waals surface area (Å²) in [6.45, 7) is 3.05. The number of anilines is 2. The van der Waals surface area contributed by atoms with Gasteiger partial charge in [0, 0.05) is 29.0 Å². The summed E-state index contributed by atoms with van der Waals surface area (Å²) >= 11 is 9.37. The maximum absolute atomic E-state index is 14.4. The first-order valence-electron chi connectivity index (χ1n) is 11.0. The highest BCUT2D eigenvalue weighted by molar-refractivity contribution is 9.10. The number of ether oxygens (including phenoxy) is 2. The van der Waals surface area contributed by atoms with E-state index in [1.165, 1.54) is 44.4 Å². The van der Waals surface area contributed by atoms with Crippen molar-refractivity contribution >= 4 is 49.9 Å². The van der Waals surface area contributed by atoms with Crippen molar-refractivity contribution in [2.24, 2.45) is 17.8 Å². The molecule has 0 unspecified atom stereocenters. The van der Waals surface area contributed by atoms with Crippen LogP contribution in [0.3, 0.4) is 0 Å². The van der Waals surface area contributed by atoms with Crippen molar-refractivity contribution in [2.75, 3.05) is 39.2 Å². The Bertz CT molecular complexity index is 1180. The third-order valence-electron chi connectivity index (χ3n) is 6.69.